The highest BCUT2D eigenvalue weighted by molar-refractivity contribution is 7.89. The molecule has 0 bridgehead atoms. The third kappa shape index (κ3) is 5.87. The van der Waals surface area contributed by atoms with Crippen LogP contribution in [0.5, 0.6) is 5.75 Å². The molecule has 38 heavy (non-hydrogen) atoms. The number of nitrogens with zero attached hydrogens (tertiary/aromatic N) is 2. The van der Waals surface area contributed by atoms with Crippen LogP contribution in [0.2, 0.25) is 0 Å². The predicted octanol–water partition coefficient (Wildman–Crippen LogP) is 2.90. The highest BCUT2D eigenvalue weighted by Crippen LogP contribution is 2.27. The first-order valence-electron chi connectivity index (χ1n) is 11.9. The number of hydroxylamine groups is 1. The summed E-state index contributed by atoms with van der Waals surface area (Å²) in [6, 6.07) is 15.4. The van der Waals surface area contributed by atoms with Gasteiger partial charge in [-0.3, -0.25) is 15.0 Å². The topological polar surface area (TPSA) is 147 Å². The molecule has 1 aromatic heterocycles. The van der Waals surface area contributed by atoms with Gasteiger partial charge in [0, 0.05) is 16.6 Å². The minimum atomic E-state index is -4.20. The lowest BCUT2D eigenvalue weighted by Crippen LogP contribution is -2.76. The first kappa shape index (κ1) is 27.3. The average Bonchev–Trinajstić information content (AvgIpc) is 2.83. The van der Waals surface area contributed by atoms with Gasteiger partial charge in [0.25, 0.3) is 5.91 Å². The fourth-order valence-electron chi connectivity index (χ4n) is 4.13. The van der Waals surface area contributed by atoms with Crippen LogP contribution in [0.25, 0.3) is 10.9 Å². The van der Waals surface area contributed by atoms with Crippen LogP contribution in [0.3, 0.4) is 0 Å². The van der Waals surface area contributed by atoms with Crippen LogP contribution in [0, 0.1) is 6.92 Å². The maximum absolute atomic E-state index is 13.1. The van der Waals surface area contributed by atoms with Crippen molar-refractivity contribution >= 4 is 32.9 Å². The van der Waals surface area contributed by atoms with E-state index in [1.54, 1.807) is 20.8 Å². The van der Waals surface area contributed by atoms with Gasteiger partial charge in [-0.05, 0) is 64.1 Å². The van der Waals surface area contributed by atoms with E-state index < -0.39 is 33.2 Å². The number of aromatic nitrogens is 1. The Morgan fingerprint density at radius 1 is 1.11 bits per heavy atom. The quantitative estimate of drug-likeness (QED) is 0.305. The second-order valence-corrected chi connectivity index (χ2v) is 11.8. The number of hydrogen-bond acceptors (Lipinski definition) is 8. The second-order valence-electron chi connectivity index (χ2n) is 10.2. The number of carbonyl (C=O) groups excluding carboxylic acids is 2. The Morgan fingerprint density at radius 3 is 2.39 bits per heavy atom. The minimum absolute atomic E-state index is 0.115. The molecule has 0 atom stereocenters. The van der Waals surface area contributed by atoms with E-state index >= 15 is 0 Å². The molecule has 2 amide bonds. The van der Waals surface area contributed by atoms with Gasteiger partial charge in [0.2, 0.25) is 10.0 Å². The second kappa shape index (κ2) is 10.2. The smallest absolute Gasteiger partial charge is 0.410 e. The van der Waals surface area contributed by atoms with E-state index in [9.17, 15) is 23.2 Å². The molecule has 12 heteroatoms. The van der Waals surface area contributed by atoms with Gasteiger partial charge in [-0.15, -0.1) is 0 Å². The third-order valence-electron chi connectivity index (χ3n) is 5.90. The summed E-state index contributed by atoms with van der Waals surface area (Å²) in [6.45, 7) is 6.61. The molecule has 11 nitrogen and oxygen atoms in total. The van der Waals surface area contributed by atoms with Crippen molar-refractivity contribution in [1.82, 2.24) is 20.1 Å². The van der Waals surface area contributed by atoms with E-state index in [2.05, 4.69) is 9.71 Å². The van der Waals surface area contributed by atoms with Crippen molar-refractivity contribution in [2.75, 3.05) is 13.1 Å². The number of pyridine rings is 1. The standard InChI is InChI=1S/C26H30N4O7S/c1-17-13-18(21-7-5-6-8-22(21)27-17)14-36-19-9-11-20(12-10-19)38(34,35)29-26(23(31)28-33)15-30(16-26)24(32)37-25(2,3)4/h5-13,29,33H,14-16H2,1-4H3,(H,28,31). The molecule has 1 fully saturated rings. The van der Waals surface area contributed by atoms with Gasteiger partial charge in [0.1, 0.15) is 23.5 Å². The van der Waals surface area contributed by atoms with E-state index in [0.29, 0.717) is 5.75 Å². The third-order valence-corrected chi connectivity index (χ3v) is 7.45. The van der Waals surface area contributed by atoms with Crippen molar-refractivity contribution in [1.29, 1.82) is 0 Å². The Labute approximate surface area is 220 Å². The van der Waals surface area contributed by atoms with E-state index in [0.717, 1.165) is 22.2 Å². The Balaban J connectivity index is 1.45. The monoisotopic (exact) mass is 542 g/mol. The van der Waals surface area contributed by atoms with Gasteiger partial charge in [-0.1, -0.05) is 18.2 Å². The maximum atomic E-state index is 13.1. The van der Waals surface area contributed by atoms with Crippen LogP contribution in [-0.2, 0) is 26.2 Å². The van der Waals surface area contributed by atoms with Crippen LogP contribution in [-0.4, -0.2) is 59.7 Å². The lowest BCUT2D eigenvalue weighted by molar-refractivity contribution is -0.141. The first-order valence-corrected chi connectivity index (χ1v) is 13.3. The molecular weight excluding hydrogens is 512 g/mol. The summed E-state index contributed by atoms with van der Waals surface area (Å²) < 4.78 is 39.7. The van der Waals surface area contributed by atoms with Gasteiger partial charge >= 0.3 is 6.09 Å². The van der Waals surface area contributed by atoms with Crippen LogP contribution < -0.4 is 14.9 Å². The van der Waals surface area contributed by atoms with Crippen LogP contribution in [0.4, 0.5) is 4.79 Å². The molecule has 0 radical (unpaired) electrons. The number of sulfonamides is 1. The maximum Gasteiger partial charge on any atom is 0.410 e. The van der Waals surface area contributed by atoms with E-state index in [4.69, 9.17) is 9.47 Å². The van der Waals surface area contributed by atoms with Gasteiger partial charge in [0.15, 0.2) is 0 Å². The number of amides is 2. The van der Waals surface area contributed by atoms with Crippen molar-refractivity contribution in [2.24, 2.45) is 0 Å². The Kier molecular flexibility index (Phi) is 7.33. The van der Waals surface area contributed by atoms with E-state index in [1.165, 1.54) is 34.6 Å². The van der Waals surface area contributed by atoms with Gasteiger partial charge in [-0.25, -0.2) is 18.7 Å². The molecule has 202 valence electrons. The summed E-state index contributed by atoms with van der Waals surface area (Å²) in [6.07, 6.45) is -0.697. The van der Waals surface area contributed by atoms with Crippen LogP contribution in [0.1, 0.15) is 32.0 Å². The Hall–Kier alpha value is -3.74. The zero-order chi connectivity index (χ0) is 27.7. The summed E-state index contributed by atoms with van der Waals surface area (Å²) in [4.78, 5) is 30.2. The fraction of sp³-hybridized carbons (Fsp3) is 0.346. The predicted molar refractivity (Wildman–Crippen MR) is 138 cm³/mol. The number of rotatable bonds is 7. The van der Waals surface area contributed by atoms with Crippen molar-refractivity contribution < 1.29 is 32.7 Å². The molecule has 0 aliphatic carbocycles. The summed E-state index contributed by atoms with van der Waals surface area (Å²) in [7, 11) is -4.20. The number of likely N-dealkylation sites (tertiary alicyclic amines) is 1. The number of ether oxygens (including phenoxy) is 2. The molecule has 2 heterocycles. The molecule has 4 rings (SSSR count). The zero-order valence-electron chi connectivity index (χ0n) is 21.5. The Morgan fingerprint density at radius 2 is 1.76 bits per heavy atom. The number of fused-ring (bicyclic) bond motifs is 1. The molecule has 3 N–H and O–H groups in total. The first-order chi connectivity index (χ1) is 17.8. The largest absolute Gasteiger partial charge is 0.489 e. The van der Waals surface area contributed by atoms with E-state index in [1.807, 2.05) is 37.3 Å². The molecular formula is C26H30N4O7S. The minimum Gasteiger partial charge on any atom is -0.489 e. The van der Waals surface area contributed by atoms with E-state index in [-0.39, 0.29) is 24.6 Å². The highest BCUT2D eigenvalue weighted by atomic mass is 32.2. The molecule has 0 unspecified atom stereocenters. The summed E-state index contributed by atoms with van der Waals surface area (Å²) in [5.41, 5.74) is 1.63. The van der Waals surface area contributed by atoms with Crippen LogP contribution >= 0.6 is 0 Å². The fourth-order valence-corrected chi connectivity index (χ4v) is 5.48. The van der Waals surface area contributed by atoms with Crippen molar-refractivity contribution in [3.05, 3.63) is 65.9 Å². The Bertz CT molecular complexity index is 1460. The zero-order valence-corrected chi connectivity index (χ0v) is 22.3. The molecule has 1 aliphatic rings. The van der Waals surface area contributed by atoms with Gasteiger partial charge < -0.3 is 14.4 Å². The molecule has 2 aromatic carbocycles. The number of benzene rings is 2. The lowest BCUT2D eigenvalue weighted by Gasteiger charge is -2.47. The molecule has 0 saturated carbocycles. The number of para-hydroxylation sites is 1. The van der Waals surface area contributed by atoms with Crippen LogP contribution in [0.15, 0.2) is 59.5 Å². The molecule has 0 spiro atoms. The molecule has 1 saturated heterocycles. The SMILES string of the molecule is Cc1cc(COc2ccc(S(=O)(=O)NC3(C(=O)NO)CN(C(=O)OC(C)(C)C)C3)cc2)c2ccccc2n1. The van der Waals surface area contributed by atoms with Crippen molar-refractivity contribution in [3.63, 3.8) is 0 Å². The summed E-state index contributed by atoms with van der Waals surface area (Å²) in [5.74, 6) is -0.536. The summed E-state index contributed by atoms with van der Waals surface area (Å²) >= 11 is 0. The molecule has 1 aliphatic heterocycles. The lowest BCUT2D eigenvalue weighted by atomic mass is 9.91. The van der Waals surface area contributed by atoms with Crippen molar-refractivity contribution in [3.8, 4) is 5.75 Å². The molecule has 3 aromatic rings. The average molecular weight is 543 g/mol. The summed E-state index contributed by atoms with van der Waals surface area (Å²) in [5, 5.41) is 10.2. The van der Waals surface area contributed by atoms with Gasteiger partial charge in [0.05, 0.1) is 23.5 Å². The van der Waals surface area contributed by atoms with Gasteiger partial charge in [-0.2, -0.15) is 4.72 Å². The number of hydrogen-bond donors (Lipinski definition) is 3. The number of nitrogens with one attached hydrogen (secondary N) is 2. The number of aryl methyl sites for hydroxylation is 1. The normalized spacial score (nSPS) is 15.0. The number of carbonyl (C=O) groups is 2. The van der Waals surface area contributed by atoms with Crippen molar-refractivity contribution in [2.45, 2.75) is 50.3 Å². The highest BCUT2D eigenvalue weighted by Gasteiger charge is 2.54.